The fraction of sp³-hybridized carbons (Fsp3) is 0.643. The van der Waals surface area contributed by atoms with Gasteiger partial charge in [0.15, 0.2) is 5.78 Å². The lowest BCUT2D eigenvalue weighted by molar-refractivity contribution is -0.139. The van der Waals surface area contributed by atoms with Crippen molar-refractivity contribution < 1.29 is 18.8 Å². The van der Waals surface area contributed by atoms with Crippen LogP contribution in [0.25, 0.3) is 0 Å². The molecule has 0 bridgehead atoms. The van der Waals surface area contributed by atoms with Gasteiger partial charge in [-0.05, 0) is 19.8 Å². The van der Waals surface area contributed by atoms with E-state index in [1.807, 2.05) is 0 Å². The molecule has 1 aromatic heterocycles. The minimum Gasteiger partial charge on any atom is -0.469 e. The van der Waals surface area contributed by atoms with Gasteiger partial charge in [0.25, 0.3) is 0 Å². The number of Topliss-reactive ketones (excluding diaryl/α,β-unsaturated/α-hetero) is 1. The number of esters is 1. The second kappa shape index (κ2) is 5.99. The van der Waals surface area contributed by atoms with E-state index in [2.05, 4.69) is 9.89 Å². The van der Waals surface area contributed by atoms with E-state index in [-0.39, 0.29) is 18.1 Å². The Kier molecular flexibility index (Phi) is 4.35. The van der Waals surface area contributed by atoms with E-state index >= 15 is 0 Å². The average molecular weight is 265 g/mol. The average Bonchev–Trinajstić information content (AvgIpc) is 2.81. The first-order valence-electron chi connectivity index (χ1n) is 6.69. The SMILES string of the molecule is COC(=O)CC(=O)c1c(C2CCCCC2)noc1C. The number of aryl methyl sites for hydroxylation is 1. The quantitative estimate of drug-likeness (QED) is 0.475. The molecule has 0 unspecified atom stereocenters. The number of hydrogen-bond donors (Lipinski definition) is 0. The zero-order valence-electron chi connectivity index (χ0n) is 11.4. The van der Waals surface area contributed by atoms with E-state index in [0.717, 1.165) is 31.4 Å². The van der Waals surface area contributed by atoms with Crippen molar-refractivity contribution >= 4 is 11.8 Å². The summed E-state index contributed by atoms with van der Waals surface area (Å²) in [6.45, 7) is 1.71. The van der Waals surface area contributed by atoms with Crippen LogP contribution < -0.4 is 0 Å². The highest BCUT2D eigenvalue weighted by molar-refractivity contribution is 6.07. The second-order valence-electron chi connectivity index (χ2n) is 5.01. The van der Waals surface area contributed by atoms with Gasteiger partial charge in [-0.25, -0.2) is 0 Å². The molecule has 0 radical (unpaired) electrons. The van der Waals surface area contributed by atoms with Crippen LogP contribution in [-0.2, 0) is 9.53 Å². The molecule has 0 N–H and O–H groups in total. The van der Waals surface area contributed by atoms with Crippen molar-refractivity contribution in [3.63, 3.8) is 0 Å². The fourth-order valence-corrected chi connectivity index (χ4v) is 2.67. The number of carbonyl (C=O) groups excluding carboxylic acids is 2. The smallest absolute Gasteiger partial charge is 0.313 e. The lowest BCUT2D eigenvalue weighted by Gasteiger charge is -2.20. The van der Waals surface area contributed by atoms with Gasteiger partial charge in [0.05, 0.1) is 18.4 Å². The first kappa shape index (κ1) is 13.8. The summed E-state index contributed by atoms with van der Waals surface area (Å²) in [7, 11) is 1.28. The van der Waals surface area contributed by atoms with Crippen molar-refractivity contribution in [2.24, 2.45) is 0 Å². The minimum absolute atomic E-state index is 0.252. The molecule has 2 rings (SSSR count). The van der Waals surface area contributed by atoms with Crippen molar-refractivity contribution in [1.29, 1.82) is 0 Å². The lowest BCUT2D eigenvalue weighted by Crippen LogP contribution is -2.14. The number of methoxy groups -OCH3 is 1. The predicted molar refractivity (Wildman–Crippen MR) is 68.0 cm³/mol. The second-order valence-corrected chi connectivity index (χ2v) is 5.01. The normalized spacial score (nSPS) is 16.3. The van der Waals surface area contributed by atoms with Crippen LogP contribution in [0.5, 0.6) is 0 Å². The Balaban J connectivity index is 2.21. The molecule has 1 aliphatic rings. The van der Waals surface area contributed by atoms with Gasteiger partial charge in [-0.15, -0.1) is 0 Å². The highest BCUT2D eigenvalue weighted by Gasteiger charge is 2.28. The number of rotatable bonds is 4. The molecule has 5 heteroatoms. The Morgan fingerprint density at radius 3 is 2.63 bits per heavy atom. The van der Waals surface area contributed by atoms with Gasteiger partial charge in [0, 0.05) is 5.92 Å². The van der Waals surface area contributed by atoms with Crippen molar-refractivity contribution in [2.75, 3.05) is 7.11 Å². The van der Waals surface area contributed by atoms with Crippen LogP contribution in [0.1, 0.15) is 66.3 Å². The summed E-state index contributed by atoms with van der Waals surface area (Å²) in [5, 5.41) is 4.05. The third-order valence-electron chi connectivity index (χ3n) is 3.69. The summed E-state index contributed by atoms with van der Waals surface area (Å²) in [6.07, 6.45) is 5.36. The van der Waals surface area contributed by atoms with Crippen LogP contribution in [0.15, 0.2) is 4.52 Å². The van der Waals surface area contributed by atoms with Crippen LogP contribution in [0.3, 0.4) is 0 Å². The fourth-order valence-electron chi connectivity index (χ4n) is 2.67. The molecule has 104 valence electrons. The van der Waals surface area contributed by atoms with Crippen LogP contribution in [0.2, 0.25) is 0 Å². The third-order valence-corrected chi connectivity index (χ3v) is 3.69. The number of ether oxygens (including phenoxy) is 1. The van der Waals surface area contributed by atoms with E-state index in [0.29, 0.717) is 11.3 Å². The molecular weight excluding hydrogens is 246 g/mol. The van der Waals surface area contributed by atoms with Crippen LogP contribution in [0, 0.1) is 6.92 Å². The summed E-state index contributed by atoms with van der Waals surface area (Å²) in [5.41, 5.74) is 1.21. The van der Waals surface area contributed by atoms with Gasteiger partial charge in [0.1, 0.15) is 12.2 Å². The summed E-state index contributed by atoms with van der Waals surface area (Å²) in [6, 6.07) is 0. The summed E-state index contributed by atoms with van der Waals surface area (Å²) in [5.74, 6) is -0.0105. The number of hydrogen-bond acceptors (Lipinski definition) is 5. The Morgan fingerprint density at radius 1 is 1.32 bits per heavy atom. The van der Waals surface area contributed by atoms with Gasteiger partial charge in [-0.3, -0.25) is 9.59 Å². The number of aromatic nitrogens is 1. The van der Waals surface area contributed by atoms with Gasteiger partial charge in [-0.1, -0.05) is 24.4 Å². The Labute approximate surface area is 112 Å². The molecule has 0 aliphatic heterocycles. The van der Waals surface area contributed by atoms with E-state index in [9.17, 15) is 9.59 Å². The lowest BCUT2D eigenvalue weighted by atomic mass is 9.84. The zero-order valence-corrected chi connectivity index (χ0v) is 11.4. The monoisotopic (exact) mass is 265 g/mol. The van der Waals surface area contributed by atoms with Gasteiger partial charge in [-0.2, -0.15) is 0 Å². The molecule has 0 atom stereocenters. The van der Waals surface area contributed by atoms with Gasteiger partial charge >= 0.3 is 5.97 Å². The number of ketones is 1. The first-order chi connectivity index (χ1) is 9.13. The highest BCUT2D eigenvalue weighted by atomic mass is 16.5. The van der Waals surface area contributed by atoms with Gasteiger partial charge in [0.2, 0.25) is 0 Å². The summed E-state index contributed by atoms with van der Waals surface area (Å²) >= 11 is 0. The van der Waals surface area contributed by atoms with Crippen LogP contribution in [0.4, 0.5) is 0 Å². The zero-order chi connectivity index (χ0) is 13.8. The molecule has 0 spiro atoms. The van der Waals surface area contributed by atoms with Crippen molar-refractivity contribution in [2.45, 2.75) is 51.4 Å². The molecule has 0 amide bonds. The number of carbonyl (C=O) groups is 2. The molecule has 1 aromatic rings. The maximum Gasteiger partial charge on any atom is 0.313 e. The molecule has 19 heavy (non-hydrogen) atoms. The molecule has 1 heterocycles. The summed E-state index contributed by atoms with van der Waals surface area (Å²) < 4.78 is 9.70. The minimum atomic E-state index is -0.528. The number of nitrogens with zero attached hydrogens (tertiary/aromatic N) is 1. The molecular formula is C14H19NO4. The van der Waals surface area contributed by atoms with E-state index in [4.69, 9.17) is 4.52 Å². The third kappa shape index (κ3) is 3.03. The van der Waals surface area contributed by atoms with E-state index in [1.54, 1.807) is 6.92 Å². The molecule has 5 nitrogen and oxygen atoms in total. The molecule has 1 saturated carbocycles. The Bertz CT molecular complexity index is 472. The topological polar surface area (TPSA) is 69.4 Å². The van der Waals surface area contributed by atoms with E-state index in [1.165, 1.54) is 13.5 Å². The van der Waals surface area contributed by atoms with E-state index < -0.39 is 5.97 Å². The molecule has 0 aromatic carbocycles. The standard InChI is InChI=1S/C14H19NO4/c1-9-13(11(16)8-12(17)18-2)14(15-19-9)10-6-4-3-5-7-10/h10H,3-8H2,1-2H3. The van der Waals surface area contributed by atoms with Crippen molar-refractivity contribution in [1.82, 2.24) is 5.16 Å². The first-order valence-corrected chi connectivity index (χ1v) is 6.69. The molecule has 1 fully saturated rings. The van der Waals surface area contributed by atoms with Crippen LogP contribution in [-0.4, -0.2) is 24.0 Å². The Hall–Kier alpha value is -1.65. The van der Waals surface area contributed by atoms with Crippen molar-refractivity contribution in [3.8, 4) is 0 Å². The molecule has 0 saturated heterocycles. The van der Waals surface area contributed by atoms with Gasteiger partial charge < -0.3 is 9.26 Å². The summed E-state index contributed by atoms with van der Waals surface area (Å²) in [4.78, 5) is 23.4. The largest absolute Gasteiger partial charge is 0.469 e. The van der Waals surface area contributed by atoms with Crippen LogP contribution >= 0.6 is 0 Å². The highest BCUT2D eigenvalue weighted by Crippen LogP contribution is 2.35. The Morgan fingerprint density at radius 2 is 2.00 bits per heavy atom. The maximum absolute atomic E-state index is 12.2. The maximum atomic E-state index is 12.2. The predicted octanol–water partition coefficient (Wildman–Crippen LogP) is 2.78. The molecule has 1 aliphatic carbocycles. The van der Waals surface area contributed by atoms with Crippen molar-refractivity contribution in [3.05, 3.63) is 17.0 Å².